The topological polar surface area (TPSA) is 91.6 Å². The highest BCUT2D eigenvalue weighted by atomic mass is 35.5. The third kappa shape index (κ3) is 5.08. The van der Waals surface area contributed by atoms with Crippen LogP contribution >= 0.6 is 11.6 Å². The molecule has 3 rings (SSSR count). The summed E-state index contributed by atoms with van der Waals surface area (Å²) in [5.41, 5.74) is -0.449. The van der Waals surface area contributed by atoms with Gasteiger partial charge in [-0.15, -0.1) is 0 Å². The van der Waals surface area contributed by atoms with Crippen molar-refractivity contribution in [2.45, 2.75) is 19.0 Å². The van der Waals surface area contributed by atoms with Crippen molar-refractivity contribution in [3.8, 4) is 5.69 Å². The van der Waals surface area contributed by atoms with Gasteiger partial charge in [-0.3, -0.25) is 14.6 Å². The number of carboxylic acid groups (broad SMARTS) is 1. The van der Waals surface area contributed by atoms with Crippen LogP contribution in [-0.2, 0) is 11.0 Å². The van der Waals surface area contributed by atoms with Gasteiger partial charge in [-0.25, -0.2) is 14.5 Å². The van der Waals surface area contributed by atoms with E-state index in [1.807, 2.05) is 0 Å². The normalized spacial score (nSPS) is 12.3. The van der Waals surface area contributed by atoms with Crippen LogP contribution in [0.3, 0.4) is 0 Å². The van der Waals surface area contributed by atoms with Crippen molar-refractivity contribution < 1.29 is 27.9 Å². The second-order valence-electron chi connectivity index (χ2n) is 7.19. The standard InChI is InChI=1S/C21H19ClF3N5O3/c1-12(13-7-8-17(26-11-13)28(2)20(32)33)19(31)29(3)18-10-16(21(23,24)25)27-30(18)15-6-4-5-14(22)9-15/h4-12H,1-3H3,(H,32,33). The van der Waals surface area contributed by atoms with Crippen LogP contribution in [0.25, 0.3) is 5.69 Å². The number of halogens is 4. The Kier molecular flexibility index (Phi) is 6.63. The first kappa shape index (κ1) is 24.1. The number of hydrogen-bond donors (Lipinski definition) is 1. The van der Waals surface area contributed by atoms with E-state index < -0.39 is 29.8 Å². The maximum absolute atomic E-state index is 13.4. The molecule has 174 valence electrons. The van der Waals surface area contributed by atoms with E-state index in [9.17, 15) is 22.8 Å². The summed E-state index contributed by atoms with van der Waals surface area (Å²) in [6, 6.07) is 9.83. The number of aromatic nitrogens is 3. The predicted molar refractivity (Wildman–Crippen MR) is 116 cm³/mol. The number of hydrogen-bond acceptors (Lipinski definition) is 4. The van der Waals surface area contributed by atoms with Gasteiger partial charge >= 0.3 is 12.3 Å². The van der Waals surface area contributed by atoms with Gasteiger partial charge < -0.3 is 5.11 Å². The average Bonchev–Trinajstić information content (AvgIpc) is 3.23. The second-order valence-corrected chi connectivity index (χ2v) is 7.62. The lowest BCUT2D eigenvalue weighted by Gasteiger charge is -2.22. The van der Waals surface area contributed by atoms with E-state index in [4.69, 9.17) is 16.7 Å². The van der Waals surface area contributed by atoms with Crippen LogP contribution in [-0.4, -0.2) is 46.0 Å². The fourth-order valence-electron chi connectivity index (χ4n) is 3.04. The van der Waals surface area contributed by atoms with Gasteiger partial charge in [0.2, 0.25) is 5.91 Å². The van der Waals surface area contributed by atoms with Gasteiger partial charge in [-0.2, -0.15) is 18.3 Å². The smallest absolute Gasteiger partial charge is 0.435 e. The molecule has 8 nitrogen and oxygen atoms in total. The maximum atomic E-state index is 13.4. The number of carbonyl (C=O) groups excluding carboxylic acids is 1. The predicted octanol–water partition coefficient (Wildman–Crippen LogP) is 4.82. The Balaban J connectivity index is 1.95. The molecule has 1 aromatic carbocycles. The summed E-state index contributed by atoms with van der Waals surface area (Å²) in [6.07, 6.45) is -4.57. The zero-order chi connectivity index (χ0) is 24.5. The monoisotopic (exact) mass is 481 g/mol. The van der Waals surface area contributed by atoms with Crippen LogP contribution in [0.4, 0.5) is 29.6 Å². The number of pyridine rings is 1. The Hall–Kier alpha value is -3.60. The summed E-state index contributed by atoms with van der Waals surface area (Å²) >= 11 is 5.98. The number of likely N-dealkylation sites (N-methyl/N-ethyl adjacent to an activating group) is 1. The number of amides is 2. The van der Waals surface area contributed by atoms with Gasteiger partial charge in [-0.05, 0) is 36.8 Å². The van der Waals surface area contributed by atoms with Crippen molar-refractivity contribution in [2.75, 3.05) is 23.9 Å². The van der Waals surface area contributed by atoms with Crippen LogP contribution in [0, 0.1) is 0 Å². The fourth-order valence-corrected chi connectivity index (χ4v) is 3.23. The largest absolute Gasteiger partial charge is 0.465 e. The number of benzene rings is 1. The van der Waals surface area contributed by atoms with Crippen molar-refractivity contribution in [3.63, 3.8) is 0 Å². The molecule has 0 bridgehead atoms. The summed E-state index contributed by atoms with van der Waals surface area (Å²) in [5.74, 6) is -1.25. The second kappa shape index (κ2) is 9.10. The molecule has 0 aliphatic heterocycles. The average molecular weight is 482 g/mol. The molecule has 0 saturated carbocycles. The van der Waals surface area contributed by atoms with Crippen LogP contribution < -0.4 is 9.80 Å². The molecule has 0 radical (unpaired) electrons. The Labute approximate surface area is 191 Å². The van der Waals surface area contributed by atoms with Gasteiger partial charge in [-0.1, -0.05) is 23.7 Å². The van der Waals surface area contributed by atoms with E-state index in [2.05, 4.69) is 10.1 Å². The summed E-state index contributed by atoms with van der Waals surface area (Å²) in [6.45, 7) is 1.57. The molecule has 1 unspecified atom stereocenters. The van der Waals surface area contributed by atoms with Gasteiger partial charge in [0.15, 0.2) is 5.69 Å². The quantitative estimate of drug-likeness (QED) is 0.564. The Bertz CT molecular complexity index is 1180. The Morgan fingerprint density at radius 1 is 1.12 bits per heavy atom. The molecule has 33 heavy (non-hydrogen) atoms. The molecule has 1 atom stereocenters. The van der Waals surface area contributed by atoms with E-state index in [-0.39, 0.29) is 17.3 Å². The number of anilines is 2. The molecule has 2 aromatic heterocycles. The van der Waals surface area contributed by atoms with Crippen LogP contribution in [0.2, 0.25) is 5.02 Å². The molecule has 0 fully saturated rings. The van der Waals surface area contributed by atoms with Crippen LogP contribution in [0.5, 0.6) is 0 Å². The highest BCUT2D eigenvalue weighted by Crippen LogP contribution is 2.33. The van der Waals surface area contributed by atoms with Crippen molar-refractivity contribution in [2.24, 2.45) is 0 Å². The first-order chi connectivity index (χ1) is 15.4. The molecule has 2 heterocycles. The number of rotatable bonds is 5. The van der Waals surface area contributed by atoms with Crippen molar-refractivity contribution in [3.05, 3.63) is 64.9 Å². The molecule has 0 spiro atoms. The van der Waals surface area contributed by atoms with Gasteiger partial charge in [0.25, 0.3) is 0 Å². The SMILES string of the molecule is CC(C(=O)N(C)c1cc(C(F)(F)F)nn1-c1cccc(Cl)c1)c1ccc(N(C)C(=O)O)nc1. The number of carbonyl (C=O) groups is 2. The van der Waals surface area contributed by atoms with E-state index in [0.29, 0.717) is 10.6 Å². The highest BCUT2D eigenvalue weighted by Gasteiger charge is 2.36. The van der Waals surface area contributed by atoms with Crippen LogP contribution in [0.15, 0.2) is 48.7 Å². The summed E-state index contributed by atoms with van der Waals surface area (Å²) in [7, 11) is 2.67. The summed E-state index contributed by atoms with van der Waals surface area (Å²) in [5, 5.41) is 13.0. The Morgan fingerprint density at radius 3 is 2.36 bits per heavy atom. The minimum Gasteiger partial charge on any atom is -0.465 e. The molecule has 12 heteroatoms. The summed E-state index contributed by atoms with van der Waals surface area (Å²) in [4.78, 5) is 30.2. The lowest BCUT2D eigenvalue weighted by atomic mass is 10.0. The van der Waals surface area contributed by atoms with Crippen molar-refractivity contribution >= 4 is 35.2 Å². The van der Waals surface area contributed by atoms with E-state index in [1.165, 1.54) is 44.6 Å². The molecule has 0 aliphatic carbocycles. The van der Waals surface area contributed by atoms with Gasteiger partial charge in [0, 0.05) is 31.4 Å². The van der Waals surface area contributed by atoms with Crippen molar-refractivity contribution in [1.82, 2.24) is 14.8 Å². The summed E-state index contributed by atoms with van der Waals surface area (Å²) < 4.78 is 41.1. The van der Waals surface area contributed by atoms with E-state index >= 15 is 0 Å². The number of nitrogens with zero attached hydrogens (tertiary/aromatic N) is 5. The minimum absolute atomic E-state index is 0.100. The number of alkyl halides is 3. The van der Waals surface area contributed by atoms with E-state index in [1.54, 1.807) is 19.1 Å². The van der Waals surface area contributed by atoms with E-state index in [0.717, 1.165) is 20.5 Å². The molecule has 0 saturated heterocycles. The van der Waals surface area contributed by atoms with Crippen LogP contribution in [0.1, 0.15) is 24.1 Å². The lowest BCUT2D eigenvalue weighted by Crippen LogP contribution is -2.32. The minimum atomic E-state index is -4.72. The van der Waals surface area contributed by atoms with Gasteiger partial charge in [0.05, 0.1) is 11.6 Å². The molecule has 1 N–H and O–H groups in total. The fraction of sp³-hybridized carbons (Fsp3) is 0.238. The molecule has 3 aromatic rings. The third-order valence-corrected chi connectivity index (χ3v) is 5.21. The molecular formula is C21H19ClF3N5O3. The lowest BCUT2D eigenvalue weighted by molar-refractivity contribution is -0.141. The Morgan fingerprint density at radius 2 is 1.82 bits per heavy atom. The first-order valence-electron chi connectivity index (χ1n) is 9.53. The zero-order valence-corrected chi connectivity index (χ0v) is 18.5. The van der Waals surface area contributed by atoms with Crippen molar-refractivity contribution in [1.29, 1.82) is 0 Å². The maximum Gasteiger partial charge on any atom is 0.435 e. The molecular weight excluding hydrogens is 463 g/mol. The molecule has 2 amide bonds. The highest BCUT2D eigenvalue weighted by molar-refractivity contribution is 6.30. The zero-order valence-electron chi connectivity index (χ0n) is 17.7. The molecule has 0 aliphatic rings. The third-order valence-electron chi connectivity index (χ3n) is 4.98. The first-order valence-corrected chi connectivity index (χ1v) is 9.91. The van der Waals surface area contributed by atoms with Gasteiger partial charge in [0.1, 0.15) is 11.6 Å².